The lowest BCUT2D eigenvalue weighted by Gasteiger charge is -2.30. The first-order valence-corrected chi connectivity index (χ1v) is 11.9. The average Bonchev–Trinajstić information content (AvgIpc) is 3.26. The molecule has 0 N–H and O–H groups in total. The Bertz CT molecular complexity index is 1380. The van der Waals surface area contributed by atoms with E-state index >= 15 is 0 Å². The number of aromatic nitrogens is 5. The number of pyridine rings is 1. The van der Waals surface area contributed by atoms with Crippen molar-refractivity contribution in [2.75, 3.05) is 18.1 Å². The van der Waals surface area contributed by atoms with Gasteiger partial charge in [-0.3, -0.25) is 4.98 Å². The first kappa shape index (κ1) is 23.8. The molecule has 5 rings (SSSR count). The van der Waals surface area contributed by atoms with Gasteiger partial charge in [0, 0.05) is 30.9 Å². The highest BCUT2D eigenvalue weighted by atomic mass is 19.3. The van der Waals surface area contributed by atoms with E-state index in [0.29, 0.717) is 37.0 Å². The molecule has 7 nitrogen and oxygen atoms in total. The number of halogens is 2. The molecule has 0 fully saturated rings. The van der Waals surface area contributed by atoms with Crippen molar-refractivity contribution < 1.29 is 13.5 Å². The summed E-state index contributed by atoms with van der Waals surface area (Å²) in [5.74, 6) is -0.728. The van der Waals surface area contributed by atoms with Crippen LogP contribution in [0.2, 0.25) is 0 Å². The van der Waals surface area contributed by atoms with Crippen LogP contribution >= 0.6 is 0 Å². The standard InChI is InChI=1S/C27H28F2N6O/c1-17(2)24-21(6-5-11-30-24)25-31-15-22-26(32-25)34(12-13-36-22)16-19-7-9-20(10-8-19)35-18(3)14-23(33-35)27(4,28)29/h5-11,14-15,17H,12-13,16H2,1-4H3. The topological polar surface area (TPSA) is 69.0 Å². The summed E-state index contributed by atoms with van der Waals surface area (Å²) < 4.78 is 34.8. The third-order valence-electron chi connectivity index (χ3n) is 6.17. The normalized spacial score (nSPS) is 13.6. The molecule has 36 heavy (non-hydrogen) atoms. The van der Waals surface area contributed by atoms with Crippen molar-refractivity contribution >= 4 is 5.82 Å². The summed E-state index contributed by atoms with van der Waals surface area (Å²) in [4.78, 5) is 16.1. The van der Waals surface area contributed by atoms with Gasteiger partial charge in [-0.1, -0.05) is 26.0 Å². The Kier molecular flexibility index (Phi) is 6.15. The minimum atomic E-state index is -2.98. The molecule has 0 unspecified atom stereocenters. The summed E-state index contributed by atoms with van der Waals surface area (Å²) in [6.07, 6.45) is 3.52. The lowest BCUT2D eigenvalue weighted by Crippen LogP contribution is -2.33. The Hall–Kier alpha value is -3.88. The van der Waals surface area contributed by atoms with Crippen LogP contribution < -0.4 is 9.64 Å². The number of aryl methyl sites for hydroxylation is 1. The van der Waals surface area contributed by atoms with Gasteiger partial charge in [-0.15, -0.1) is 0 Å². The van der Waals surface area contributed by atoms with E-state index in [1.165, 1.54) is 6.07 Å². The largest absolute Gasteiger partial charge is 0.486 e. The smallest absolute Gasteiger partial charge is 0.288 e. The van der Waals surface area contributed by atoms with Crippen LogP contribution in [0.5, 0.6) is 5.75 Å². The van der Waals surface area contributed by atoms with E-state index in [0.717, 1.165) is 35.2 Å². The minimum Gasteiger partial charge on any atom is -0.486 e. The zero-order chi connectivity index (χ0) is 25.4. The summed E-state index contributed by atoms with van der Waals surface area (Å²) >= 11 is 0. The van der Waals surface area contributed by atoms with Gasteiger partial charge in [0.25, 0.3) is 5.92 Å². The highest BCUT2D eigenvalue weighted by molar-refractivity contribution is 5.64. The molecule has 1 aliphatic rings. The van der Waals surface area contributed by atoms with Crippen LogP contribution in [-0.4, -0.2) is 37.9 Å². The number of hydrogen-bond acceptors (Lipinski definition) is 6. The first-order valence-electron chi connectivity index (χ1n) is 11.9. The minimum absolute atomic E-state index is 0.237. The van der Waals surface area contributed by atoms with Gasteiger partial charge in [0.2, 0.25) is 0 Å². The van der Waals surface area contributed by atoms with Crippen LogP contribution in [0.3, 0.4) is 0 Å². The summed E-state index contributed by atoms with van der Waals surface area (Å²) in [7, 11) is 0. The Morgan fingerprint density at radius 2 is 1.89 bits per heavy atom. The second-order valence-electron chi connectivity index (χ2n) is 9.38. The first-order chi connectivity index (χ1) is 17.2. The van der Waals surface area contributed by atoms with Crippen LogP contribution in [-0.2, 0) is 12.5 Å². The Balaban J connectivity index is 1.41. The third kappa shape index (κ3) is 4.65. The van der Waals surface area contributed by atoms with E-state index < -0.39 is 5.92 Å². The van der Waals surface area contributed by atoms with Gasteiger partial charge in [-0.25, -0.2) is 14.6 Å². The molecule has 0 spiro atoms. The van der Waals surface area contributed by atoms with E-state index in [1.807, 2.05) is 36.4 Å². The molecule has 1 aliphatic heterocycles. The molecule has 4 heterocycles. The number of anilines is 1. The highest BCUT2D eigenvalue weighted by Crippen LogP contribution is 2.34. The Morgan fingerprint density at radius 1 is 1.11 bits per heavy atom. The number of benzene rings is 1. The number of nitrogens with zero attached hydrogens (tertiary/aromatic N) is 6. The Labute approximate surface area is 208 Å². The van der Waals surface area contributed by atoms with Crippen LogP contribution in [0.4, 0.5) is 14.6 Å². The van der Waals surface area contributed by atoms with E-state index in [2.05, 4.69) is 33.8 Å². The Morgan fingerprint density at radius 3 is 2.58 bits per heavy atom. The maximum atomic E-state index is 13.7. The van der Waals surface area contributed by atoms with Crippen LogP contribution in [0.25, 0.3) is 17.1 Å². The summed E-state index contributed by atoms with van der Waals surface area (Å²) in [5.41, 5.74) is 4.07. The SMILES string of the molecule is Cc1cc(C(C)(F)F)nn1-c1ccc(CN2CCOc3cnc(-c4cccnc4C(C)C)nc32)cc1. The lowest BCUT2D eigenvalue weighted by molar-refractivity contribution is 0.0124. The zero-order valence-electron chi connectivity index (χ0n) is 20.7. The predicted octanol–water partition coefficient (Wildman–Crippen LogP) is 5.67. The molecule has 0 amide bonds. The van der Waals surface area contributed by atoms with Gasteiger partial charge in [-0.2, -0.15) is 13.9 Å². The van der Waals surface area contributed by atoms with Crippen molar-refractivity contribution in [2.45, 2.75) is 46.1 Å². The molecule has 0 saturated carbocycles. The third-order valence-corrected chi connectivity index (χ3v) is 6.17. The second kappa shape index (κ2) is 9.29. The molecule has 0 aliphatic carbocycles. The van der Waals surface area contributed by atoms with Crippen molar-refractivity contribution in [1.82, 2.24) is 24.7 Å². The molecule has 0 bridgehead atoms. The van der Waals surface area contributed by atoms with E-state index in [4.69, 9.17) is 9.72 Å². The summed E-state index contributed by atoms with van der Waals surface area (Å²) in [5, 5.41) is 4.10. The maximum Gasteiger partial charge on any atom is 0.288 e. The van der Waals surface area contributed by atoms with Crippen LogP contribution in [0, 0.1) is 6.92 Å². The van der Waals surface area contributed by atoms with Crippen molar-refractivity contribution in [3.63, 3.8) is 0 Å². The zero-order valence-corrected chi connectivity index (χ0v) is 20.7. The van der Waals surface area contributed by atoms with Crippen LogP contribution in [0.15, 0.2) is 54.9 Å². The van der Waals surface area contributed by atoms with Gasteiger partial charge in [0.1, 0.15) is 12.3 Å². The van der Waals surface area contributed by atoms with Gasteiger partial charge in [-0.05, 0) is 48.7 Å². The molecule has 0 radical (unpaired) electrons. The number of ether oxygens (including phenoxy) is 1. The van der Waals surface area contributed by atoms with Gasteiger partial charge in [0.15, 0.2) is 17.4 Å². The maximum absolute atomic E-state index is 13.7. The van der Waals surface area contributed by atoms with Gasteiger partial charge >= 0.3 is 0 Å². The molecular weight excluding hydrogens is 462 g/mol. The predicted molar refractivity (Wildman–Crippen MR) is 134 cm³/mol. The molecule has 0 saturated heterocycles. The number of rotatable bonds is 6. The van der Waals surface area contributed by atoms with Crippen LogP contribution in [0.1, 0.15) is 49.3 Å². The van der Waals surface area contributed by atoms with E-state index in [9.17, 15) is 8.78 Å². The fraction of sp³-hybridized carbons (Fsp3) is 0.333. The average molecular weight is 491 g/mol. The molecule has 1 aromatic carbocycles. The van der Waals surface area contributed by atoms with Crippen molar-refractivity contribution in [3.05, 3.63) is 77.5 Å². The van der Waals surface area contributed by atoms with Crippen molar-refractivity contribution in [1.29, 1.82) is 0 Å². The number of alkyl halides is 2. The summed E-state index contributed by atoms with van der Waals surface area (Å²) in [6.45, 7) is 8.67. The van der Waals surface area contributed by atoms with E-state index in [1.54, 1.807) is 24.0 Å². The fourth-order valence-corrected chi connectivity index (χ4v) is 4.33. The fourth-order valence-electron chi connectivity index (χ4n) is 4.33. The second-order valence-corrected chi connectivity index (χ2v) is 9.38. The molecule has 4 aromatic rings. The molecule has 9 heteroatoms. The lowest BCUT2D eigenvalue weighted by atomic mass is 10.0. The van der Waals surface area contributed by atoms with Gasteiger partial charge in [0.05, 0.1) is 24.1 Å². The molecule has 3 aromatic heterocycles. The van der Waals surface area contributed by atoms with Gasteiger partial charge < -0.3 is 9.64 Å². The molecule has 0 atom stereocenters. The highest BCUT2D eigenvalue weighted by Gasteiger charge is 2.29. The molecular formula is C27H28F2N6O. The quantitative estimate of drug-likeness (QED) is 0.347. The summed E-state index contributed by atoms with van der Waals surface area (Å²) in [6, 6.07) is 13.1. The number of hydrogen-bond donors (Lipinski definition) is 0. The van der Waals surface area contributed by atoms with Crippen molar-refractivity contribution in [2.24, 2.45) is 0 Å². The monoisotopic (exact) mass is 490 g/mol. The van der Waals surface area contributed by atoms with Crippen molar-refractivity contribution in [3.8, 4) is 22.8 Å². The van der Waals surface area contributed by atoms with E-state index in [-0.39, 0.29) is 11.6 Å². The molecule has 186 valence electrons. The number of fused-ring (bicyclic) bond motifs is 1.